The Kier molecular flexibility index (Phi) is 2.55. The third-order valence-electron chi connectivity index (χ3n) is 2.55. The summed E-state index contributed by atoms with van der Waals surface area (Å²) < 4.78 is 0. The summed E-state index contributed by atoms with van der Waals surface area (Å²) in [4.78, 5) is 10.8. The minimum Gasteiger partial charge on any atom is -0.302 e. The largest absolute Gasteiger partial charge is 0.302 e. The van der Waals surface area contributed by atoms with Crippen LogP contribution >= 0.6 is 0 Å². The lowest BCUT2D eigenvalue weighted by Crippen LogP contribution is -2.18. The average Bonchev–Trinajstić information content (AvgIpc) is 2.09. The van der Waals surface area contributed by atoms with E-state index >= 15 is 0 Å². The molecule has 0 unspecified atom stereocenters. The molecule has 1 aromatic rings. The summed E-state index contributed by atoms with van der Waals surface area (Å²) in [5, 5.41) is 0. The summed E-state index contributed by atoms with van der Waals surface area (Å²) in [5.41, 5.74) is 3.24. The van der Waals surface area contributed by atoms with Gasteiger partial charge in [0.1, 0.15) is 6.29 Å². The molecule has 0 aromatic heterocycles. The molecule has 0 aliphatic heterocycles. The van der Waals surface area contributed by atoms with Gasteiger partial charge in [0.05, 0.1) is 0 Å². The molecule has 0 N–H and O–H groups in total. The lowest BCUT2D eigenvalue weighted by Gasteiger charge is -2.18. The molecule has 1 aromatic carbocycles. The average molecular weight is 176 g/mol. The highest BCUT2D eigenvalue weighted by Gasteiger charge is 2.19. The fourth-order valence-electron chi connectivity index (χ4n) is 1.21. The third-order valence-corrected chi connectivity index (χ3v) is 2.55. The van der Waals surface area contributed by atoms with Crippen LogP contribution in [0.3, 0.4) is 0 Å². The van der Waals surface area contributed by atoms with Gasteiger partial charge in [0.2, 0.25) is 0 Å². The van der Waals surface area contributed by atoms with E-state index in [0.717, 1.165) is 11.8 Å². The van der Waals surface area contributed by atoms with Crippen molar-refractivity contribution in [1.29, 1.82) is 0 Å². The Morgan fingerprint density at radius 3 is 2.23 bits per heavy atom. The van der Waals surface area contributed by atoms with Crippen LogP contribution in [0.1, 0.15) is 30.5 Å². The van der Waals surface area contributed by atoms with E-state index in [1.807, 2.05) is 19.9 Å². The summed E-state index contributed by atoms with van der Waals surface area (Å²) in [6, 6.07) is 6.18. The number of aldehydes is 1. The normalized spacial score (nSPS) is 11.4. The van der Waals surface area contributed by atoms with Gasteiger partial charge in [0, 0.05) is 5.41 Å². The highest BCUT2D eigenvalue weighted by molar-refractivity contribution is 5.67. The SMILES string of the molecule is Cc1ccc(C(C)(C)C=O)cc1C. The molecule has 13 heavy (non-hydrogen) atoms. The maximum absolute atomic E-state index is 10.8. The van der Waals surface area contributed by atoms with Crippen LogP contribution in [-0.2, 0) is 10.2 Å². The Morgan fingerprint density at radius 1 is 1.15 bits per heavy atom. The first-order valence-corrected chi connectivity index (χ1v) is 4.51. The van der Waals surface area contributed by atoms with Gasteiger partial charge in [0.25, 0.3) is 0 Å². The van der Waals surface area contributed by atoms with Crippen molar-refractivity contribution in [2.45, 2.75) is 33.1 Å². The maximum atomic E-state index is 10.8. The van der Waals surface area contributed by atoms with Crippen LogP contribution in [-0.4, -0.2) is 6.29 Å². The summed E-state index contributed by atoms with van der Waals surface area (Å²) in [5.74, 6) is 0. The fourth-order valence-corrected chi connectivity index (χ4v) is 1.21. The predicted octanol–water partition coefficient (Wildman–Crippen LogP) is 2.78. The molecule has 0 radical (unpaired) electrons. The molecule has 0 heterocycles. The summed E-state index contributed by atoms with van der Waals surface area (Å²) in [7, 11) is 0. The summed E-state index contributed by atoms with van der Waals surface area (Å²) in [6.07, 6.45) is 0.997. The van der Waals surface area contributed by atoms with Gasteiger partial charge in [-0.15, -0.1) is 0 Å². The molecule has 0 aliphatic rings. The first kappa shape index (κ1) is 9.97. The van der Waals surface area contributed by atoms with Gasteiger partial charge < -0.3 is 4.79 Å². The molecule has 0 fully saturated rings. The Labute approximate surface area is 79.8 Å². The standard InChI is InChI=1S/C12H16O/c1-9-5-6-11(7-10(9)2)12(3,4)8-13/h5-8H,1-4H3. The van der Waals surface area contributed by atoms with E-state index in [9.17, 15) is 4.79 Å². The molecule has 0 aliphatic carbocycles. The van der Waals surface area contributed by atoms with Crippen molar-refractivity contribution in [2.75, 3.05) is 0 Å². The van der Waals surface area contributed by atoms with Gasteiger partial charge >= 0.3 is 0 Å². The molecular formula is C12H16O. The van der Waals surface area contributed by atoms with E-state index in [0.29, 0.717) is 0 Å². The van der Waals surface area contributed by atoms with Crippen molar-refractivity contribution in [3.63, 3.8) is 0 Å². The van der Waals surface area contributed by atoms with E-state index in [-0.39, 0.29) is 5.41 Å². The van der Waals surface area contributed by atoms with Crippen LogP contribution in [0.2, 0.25) is 0 Å². The molecule has 0 saturated heterocycles. The first-order chi connectivity index (χ1) is 5.97. The quantitative estimate of drug-likeness (QED) is 0.633. The zero-order valence-corrected chi connectivity index (χ0v) is 8.72. The minimum absolute atomic E-state index is 0.363. The highest BCUT2D eigenvalue weighted by Crippen LogP contribution is 2.22. The second-order valence-corrected chi connectivity index (χ2v) is 4.14. The third kappa shape index (κ3) is 1.97. The second-order valence-electron chi connectivity index (χ2n) is 4.14. The summed E-state index contributed by atoms with van der Waals surface area (Å²) >= 11 is 0. The van der Waals surface area contributed by atoms with Crippen LogP contribution in [0.4, 0.5) is 0 Å². The Balaban J connectivity index is 3.18. The van der Waals surface area contributed by atoms with E-state index < -0.39 is 0 Å². The Morgan fingerprint density at radius 2 is 1.77 bits per heavy atom. The Bertz CT molecular complexity index is 324. The second kappa shape index (κ2) is 3.33. The van der Waals surface area contributed by atoms with Gasteiger partial charge in [-0.3, -0.25) is 0 Å². The zero-order chi connectivity index (χ0) is 10.1. The van der Waals surface area contributed by atoms with Gasteiger partial charge in [0.15, 0.2) is 0 Å². The highest BCUT2D eigenvalue weighted by atomic mass is 16.1. The number of hydrogen-bond donors (Lipinski definition) is 0. The molecule has 0 atom stereocenters. The molecular weight excluding hydrogens is 160 g/mol. The molecule has 1 heteroatoms. The van der Waals surface area contributed by atoms with Crippen LogP contribution in [0.25, 0.3) is 0 Å². The summed E-state index contributed by atoms with van der Waals surface area (Å²) in [6.45, 7) is 8.01. The first-order valence-electron chi connectivity index (χ1n) is 4.51. The van der Waals surface area contributed by atoms with Crippen molar-refractivity contribution >= 4 is 6.29 Å². The smallest absolute Gasteiger partial charge is 0.129 e. The number of carbonyl (C=O) groups excluding carboxylic acids is 1. The number of benzene rings is 1. The maximum Gasteiger partial charge on any atom is 0.129 e. The van der Waals surface area contributed by atoms with Crippen LogP contribution in [0.5, 0.6) is 0 Å². The predicted molar refractivity (Wildman–Crippen MR) is 55.0 cm³/mol. The number of aryl methyl sites for hydroxylation is 2. The van der Waals surface area contributed by atoms with Crippen molar-refractivity contribution in [3.05, 3.63) is 34.9 Å². The Hall–Kier alpha value is -1.11. The van der Waals surface area contributed by atoms with Gasteiger partial charge in [-0.2, -0.15) is 0 Å². The lowest BCUT2D eigenvalue weighted by atomic mass is 9.85. The number of hydrogen-bond acceptors (Lipinski definition) is 1. The van der Waals surface area contributed by atoms with Crippen molar-refractivity contribution < 1.29 is 4.79 Å². The zero-order valence-electron chi connectivity index (χ0n) is 8.72. The number of carbonyl (C=O) groups is 1. The monoisotopic (exact) mass is 176 g/mol. The van der Waals surface area contributed by atoms with Crippen molar-refractivity contribution in [3.8, 4) is 0 Å². The molecule has 1 nitrogen and oxygen atoms in total. The molecule has 0 bridgehead atoms. The van der Waals surface area contributed by atoms with Gasteiger partial charge in [-0.1, -0.05) is 18.2 Å². The lowest BCUT2D eigenvalue weighted by molar-refractivity contribution is -0.111. The van der Waals surface area contributed by atoms with Gasteiger partial charge in [-0.25, -0.2) is 0 Å². The molecule has 70 valence electrons. The van der Waals surface area contributed by atoms with E-state index in [2.05, 4.69) is 26.0 Å². The van der Waals surface area contributed by atoms with E-state index in [1.54, 1.807) is 0 Å². The van der Waals surface area contributed by atoms with Crippen LogP contribution in [0, 0.1) is 13.8 Å². The molecule has 0 spiro atoms. The van der Waals surface area contributed by atoms with Crippen molar-refractivity contribution in [1.82, 2.24) is 0 Å². The van der Waals surface area contributed by atoms with Crippen molar-refractivity contribution in [2.24, 2.45) is 0 Å². The number of rotatable bonds is 2. The topological polar surface area (TPSA) is 17.1 Å². The van der Waals surface area contributed by atoms with Crippen LogP contribution in [0.15, 0.2) is 18.2 Å². The molecule has 0 saturated carbocycles. The molecule has 0 amide bonds. The van der Waals surface area contributed by atoms with Crippen LogP contribution < -0.4 is 0 Å². The van der Waals surface area contributed by atoms with E-state index in [4.69, 9.17) is 0 Å². The van der Waals surface area contributed by atoms with E-state index in [1.165, 1.54) is 11.1 Å². The molecule has 1 rings (SSSR count). The minimum atomic E-state index is -0.363. The van der Waals surface area contributed by atoms with Gasteiger partial charge in [-0.05, 0) is 44.4 Å². The fraction of sp³-hybridized carbons (Fsp3) is 0.417.